The van der Waals surface area contributed by atoms with Gasteiger partial charge < -0.3 is 10.0 Å². The van der Waals surface area contributed by atoms with Gasteiger partial charge in [-0.15, -0.1) is 11.3 Å². The first-order valence-corrected chi connectivity index (χ1v) is 6.50. The highest BCUT2D eigenvalue weighted by molar-refractivity contribution is 7.14. The molecule has 0 aliphatic carbocycles. The van der Waals surface area contributed by atoms with E-state index in [0.717, 1.165) is 11.3 Å². The largest absolute Gasteiger partial charge is 0.391 e. The van der Waals surface area contributed by atoms with Crippen LogP contribution in [0.1, 0.15) is 33.5 Å². The molecule has 0 spiro atoms. The molecular formula is C12H17NO2S. The lowest BCUT2D eigenvalue weighted by atomic mass is 10.2. The summed E-state index contributed by atoms with van der Waals surface area (Å²) in [4.78, 5) is 15.9. The van der Waals surface area contributed by atoms with Crippen LogP contribution in [0.2, 0.25) is 0 Å². The Morgan fingerprint density at radius 2 is 2.44 bits per heavy atom. The first-order valence-electron chi connectivity index (χ1n) is 5.68. The Morgan fingerprint density at radius 3 is 2.94 bits per heavy atom. The zero-order valence-corrected chi connectivity index (χ0v) is 10.5. The number of thiophene rings is 1. The fourth-order valence-corrected chi connectivity index (χ4v) is 3.14. The summed E-state index contributed by atoms with van der Waals surface area (Å²) in [5.41, 5.74) is 1.20. The number of aliphatic hydroxyl groups excluding tert-OH is 1. The molecule has 1 atom stereocenters. The molecule has 3 nitrogen and oxygen atoms in total. The van der Waals surface area contributed by atoms with Crippen LogP contribution in [0.15, 0.2) is 6.07 Å². The minimum absolute atomic E-state index is 0.0735. The van der Waals surface area contributed by atoms with Gasteiger partial charge in [0, 0.05) is 18.0 Å². The first kappa shape index (κ1) is 11.6. The number of amides is 1. The van der Waals surface area contributed by atoms with Gasteiger partial charge in [-0.05, 0) is 31.4 Å². The topological polar surface area (TPSA) is 40.5 Å². The molecular weight excluding hydrogens is 222 g/mol. The predicted molar refractivity (Wildman–Crippen MR) is 65.0 cm³/mol. The standard InChI is InChI=1S/C12H17NO2S/c1-3-10-8(2)6-11(16-10)12(15)13-5-4-9(14)7-13/h6,9,14H,3-5,7H2,1-2H3. The maximum absolute atomic E-state index is 12.1. The maximum atomic E-state index is 12.1. The molecule has 16 heavy (non-hydrogen) atoms. The SMILES string of the molecule is CCc1sc(C(=O)N2CCC(O)C2)cc1C. The van der Waals surface area contributed by atoms with Crippen LogP contribution in [-0.4, -0.2) is 35.1 Å². The lowest BCUT2D eigenvalue weighted by molar-refractivity contribution is 0.0769. The van der Waals surface area contributed by atoms with E-state index in [0.29, 0.717) is 19.5 Å². The first-order chi connectivity index (χ1) is 7.61. The van der Waals surface area contributed by atoms with Gasteiger partial charge in [0.25, 0.3) is 5.91 Å². The zero-order valence-electron chi connectivity index (χ0n) is 9.69. The number of hydrogen-bond acceptors (Lipinski definition) is 3. The van der Waals surface area contributed by atoms with E-state index in [1.807, 2.05) is 13.0 Å². The highest BCUT2D eigenvalue weighted by atomic mass is 32.1. The van der Waals surface area contributed by atoms with Crippen molar-refractivity contribution in [3.63, 3.8) is 0 Å². The third-order valence-electron chi connectivity index (χ3n) is 3.00. The normalized spacial score (nSPS) is 20.4. The molecule has 4 heteroatoms. The fourth-order valence-electron chi connectivity index (χ4n) is 2.06. The lowest BCUT2D eigenvalue weighted by Crippen LogP contribution is -2.28. The molecule has 1 N–H and O–H groups in total. The summed E-state index contributed by atoms with van der Waals surface area (Å²) in [6, 6.07) is 1.97. The predicted octanol–water partition coefficient (Wildman–Crippen LogP) is 1.83. The van der Waals surface area contributed by atoms with Crippen LogP contribution < -0.4 is 0 Å². The van der Waals surface area contributed by atoms with E-state index in [1.165, 1.54) is 10.4 Å². The molecule has 88 valence electrons. The van der Waals surface area contributed by atoms with E-state index in [-0.39, 0.29) is 12.0 Å². The van der Waals surface area contributed by atoms with Gasteiger partial charge in [-0.1, -0.05) is 6.92 Å². The summed E-state index contributed by atoms with van der Waals surface area (Å²) < 4.78 is 0. The molecule has 1 saturated heterocycles. The Labute approximate surface area is 99.7 Å². The number of hydrogen-bond donors (Lipinski definition) is 1. The van der Waals surface area contributed by atoms with E-state index in [1.54, 1.807) is 16.2 Å². The molecule has 1 unspecified atom stereocenters. The number of likely N-dealkylation sites (tertiary alicyclic amines) is 1. The van der Waals surface area contributed by atoms with E-state index >= 15 is 0 Å². The van der Waals surface area contributed by atoms with Crippen molar-refractivity contribution in [2.45, 2.75) is 32.8 Å². The summed E-state index contributed by atoms with van der Waals surface area (Å²) in [5.74, 6) is 0.0735. The van der Waals surface area contributed by atoms with Crippen molar-refractivity contribution in [3.05, 3.63) is 21.4 Å². The Bertz CT molecular complexity index is 400. The fraction of sp³-hybridized carbons (Fsp3) is 0.583. The van der Waals surface area contributed by atoms with Gasteiger partial charge in [-0.25, -0.2) is 0 Å². The Morgan fingerprint density at radius 1 is 1.69 bits per heavy atom. The molecule has 2 rings (SSSR count). The molecule has 0 aromatic carbocycles. The highest BCUT2D eigenvalue weighted by Crippen LogP contribution is 2.24. The molecule has 0 bridgehead atoms. The molecule has 1 fully saturated rings. The van der Waals surface area contributed by atoms with Gasteiger partial charge in [0.05, 0.1) is 11.0 Å². The quantitative estimate of drug-likeness (QED) is 0.855. The zero-order chi connectivity index (χ0) is 11.7. The average molecular weight is 239 g/mol. The van der Waals surface area contributed by atoms with Crippen LogP contribution in [0.25, 0.3) is 0 Å². The summed E-state index contributed by atoms with van der Waals surface area (Å²) in [6.07, 6.45) is 1.35. The number of β-amino-alcohol motifs (C(OH)–C–C–N with tert-alkyl or cyclic N) is 1. The number of aliphatic hydroxyl groups is 1. The third kappa shape index (κ3) is 2.13. The van der Waals surface area contributed by atoms with Gasteiger partial charge in [0.2, 0.25) is 0 Å². The van der Waals surface area contributed by atoms with Crippen molar-refractivity contribution < 1.29 is 9.90 Å². The Kier molecular flexibility index (Phi) is 3.30. The van der Waals surface area contributed by atoms with Gasteiger partial charge >= 0.3 is 0 Å². The van der Waals surface area contributed by atoms with E-state index in [9.17, 15) is 9.90 Å². The second kappa shape index (κ2) is 4.55. The van der Waals surface area contributed by atoms with E-state index in [2.05, 4.69) is 6.92 Å². The number of aryl methyl sites for hydroxylation is 2. The van der Waals surface area contributed by atoms with Crippen molar-refractivity contribution in [1.82, 2.24) is 4.90 Å². The van der Waals surface area contributed by atoms with Gasteiger partial charge in [-0.2, -0.15) is 0 Å². The Balaban J connectivity index is 2.14. The second-order valence-corrected chi connectivity index (χ2v) is 5.40. The van der Waals surface area contributed by atoms with Crippen LogP contribution in [-0.2, 0) is 6.42 Å². The smallest absolute Gasteiger partial charge is 0.264 e. The number of carbonyl (C=O) groups excluding carboxylic acids is 1. The third-order valence-corrected chi connectivity index (χ3v) is 4.37. The van der Waals surface area contributed by atoms with Crippen molar-refractivity contribution in [3.8, 4) is 0 Å². The molecule has 2 heterocycles. The molecule has 1 aliphatic heterocycles. The highest BCUT2D eigenvalue weighted by Gasteiger charge is 2.26. The van der Waals surface area contributed by atoms with Crippen molar-refractivity contribution in [1.29, 1.82) is 0 Å². The van der Waals surface area contributed by atoms with Crippen molar-refractivity contribution in [2.75, 3.05) is 13.1 Å². The maximum Gasteiger partial charge on any atom is 0.264 e. The van der Waals surface area contributed by atoms with E-state index in [4.69, 9.17) is 0 Å². The molecule has 0 radical (unpaired) electrons. The number of rotatable bonds is 2. The van der Waals surface area contributed by atoms with Crippen LogP contribution in [0, 0.1) is 6.92 Å². The summed E-state index contributed by atoms with van der Waals surface area (Å²) in [6.45, 7) is 5.31. The van der Waals surface area contributed by atoms with Gasteiger partial charge in [0.15, 0.2) is 0 Å². The molecule has 1 aliphatic rings. The van der Waals surface area contributed by atoms with Gasteiger partial charge in [-0.3, -0.25) is 4.79 Å². The second-order valence-electron chi connectivity index (χ2n) is 4.26. The van der Waals surface area contributed by atoms with Crippen LogP contribution in [0.3, 0.4) is 0 Å². The van der Waals surface area contributed by atoms with Crippen LogP contribution in [0.5, 0.6) is 0 Å². The minimum atomic E-state index is -0.337. The molecule has 1 amide bonds. The molecule has 1 aromatic heterocycles. The van der Waals surface area contributed by atoms with Crippen LogP contribution >= 0.6 is 11.3 Å². The summed E-state index contributed by atoms with van der Waals surface area (Å²) in [5, 5.41) is 9.41. The number of nitrogens with zero attached hydrogens (tertiary/aromatic N) is 1. The Hall–Kier alpha value is -0.870. The van der Waals surface area contributed by atoms with Gasteiger partial charge in [0.1, 0.15) is 0 Å². The summed E-state index contributed by atoms with van der Waals surface area (Å²) >= 11 is 1.58. The minimum Gasteiger partial charge on any atom is -0.391 e. The summed E-state index contributed by atoms with van der Waals surface area (Å²) in [7, 11) is 0. The average Bonchev–Trinajstić information content (AvgIpc) is 2.83. The lowest BCUT2D eigenvalue weighted by Gasteiger charge is -2.13. The van der Waals surface area contributed by atoms with E-state index < -0.39 is 0 Å². The van der Waals surface area contributed by atoms with Crippen molar-refractivity contribution >= 4 is 17.2 Å². The molecule has 1 aromatic rings. The van der Waals surface area contributed by atoms with Crippen LogP contribution in [0.4, 0.5) is 0 Å². The number of carbonyl (C=O) groups is 1. The monoisotopic (exact) mass is 239 g/mol. The molecule has 0 saturated carbocycles. The van der Waals surface area contributed by atoms with Crippen molar-refractivity contribution in [2.24, 2.45) is 0 Å².